The van der Waals surface area contributed by atoms with Crippen molar-refractivity contribution < 1.29 is 4.79 Å². The summed E-state index contributed by atoms with van der Waals surface area (Å²) in [5.74, 6) is -0.165. The Morgan fingerprint density at radius 2 is 2.11 bits per heavy atom. The van der Waals surface area contributed by atoms with Crippen LogP contribution in [0.15, 0.2) is 42.6 Å². The van der Waals surface area contributed by atoms with E-state index in [2.05, 4.69) is 21.6 Å². The first-order valence-electron chi connectivity index (χ1n) is 5.80. The molecule has 1 radical (unpaired) electrons. The van der Waals surface area contributed by atoms with Gasteiger partial charge in [-0.05, 0) is 18.2 Å². The van der Waals surface area contributed by atoms with Crippen LogP contribution in [-0.2, 0) is 7.05 Å². The van der Waals surface area contributed by atoms with Crippen molar-refractivity contribution >= 4 is 22.8 Å². The number of pyridine rings is 1. The average molecular weight is 251 g/mol. The molecule has 1 N–H and O–H groups in total. The van der Waals surface area contributed by atoms with Gasteiger partial charge in [0.1, 0.15) is 5.52 Å². The van der Waals surface area contributed by atoms with Crippen LogP contribution in [-0.4, -0.2) is 20.4 Å². The molecule has 93 valence electrons. The number of imidazole rings is 1. The second kappa shape index (κ2) is 4.53. The molecular weight excluding hydrogens is 240 g/mol. The molecule has 0 aliphatic rings. The lowest BCUT2D eigenvalue weighted by molar-refractivity contribution is 0.102. The van der Waals surface area contributed by atoms with Crippen molar-refractivity contribution in [1.29, 1.82) is 0 Å². The Morgan fingerprint density at radius 3 is 2.89 bits per heavy atom. The molecule has 0 fully saturated rings. The van der Waals surface area contributed by atoms with Gasteiger partial charge in [0, 0.05) is 12.6 Å². The minimum atomic E-state index is -0.165. The van der Waals surface area contributed by atoms with Crippen molar-refractivity contribution in [3.8, 4) is 0 Å². The maximum Gasteiger partial charge on any atom is 0.255 e. The lowest BCUT2D eigenvalue weighted by atomic mass is 10.2. The van der Waals surface area contributed by atoms with E-state index in [0.29, 0.717) is 16.8 Å². The summed E-state index contributed by atoms with van der Waals surface area (Å²) in [5.41, 5.74) is 2.66. The van der Waals surface area contributed by atoms with Crippen LogP contribution in [0.25, 0.3) is 11.2 Å². The molecule has 0 atom stereocenters. The number of hydrogen-bond donors (Lipinski definition) is 1. The van der Waals surface area contributed by atoms with Gasteiger partial charge in [-0.25, -0.2) is 9.97 Å². The van der Waals surface area contributed by atoms with Gasteiger partial charge in [-0.15, -0.1) is 0 Å². The Labute approximate surface area is 109 Å². The molecule has 19 heavy (non-hydrogen) atoms. The van der Waals surface area contributed by atoms with Crippen LogP contribution in [0.4, 0.5) is 5.69 Å². The Kier molecular flexibility index (Phi) is 2.72. The number of rotatable bonds is 2. The van der Waals surface area contributed by atoms with E-state index in [1.54, 1.807) is 29.0 Å². The topological polar surface area (TPSA) is 59.8 Å². The molecule has 0 unspecified atom stereocenters. The highest BCUT2D eigenvalue weighted by atomic mass is 16.1. The molecule has 2 heterocycles. The van der Waals surface area contributed by atoms with Gasteiger partial charge >= 0.3 is 0 Å². The zero-order valence-corrected chi connectivity index (χ0v) is 10.3. The van der Waals surface area contributed by atoms with Crippen molar-refractivity contribution in [2.75, 3.05) is 5.32 Å². The van der Waals surface area contributed by atoms with Crippen molar-refractivity contribution in [2.45, 2.75) is 0 Å². The van der Waals surface area contributed by atoms with Gasteiger partial charge in [-0.1, -0.05) is 18.2 Å². The second-order valence-electron chi connectivity index (χ2n) is 4.16. The van der Waals surface area contributed by atoms with Gasteiger partial charge in [-0.3, -0.25) is 4.79 Å². The summed E-state index contributed by atoms with van der Waals surface area (Å²) in [6.07, 6.45) is 4.39. The fourth-order valence-corrected chi connectivity index (χ4v) is 1.82. The van der Waals surface area contributed by atoms with Crippen LogP contribution in [0.2, 0.25) is 0 Å². The molecule has 1 aromatic carbocycles. The molecule has 0 saturated heterocycles. The van der Waals surface area contributed by atoms with Crippen LogP contribution in [0.3, 0.4) is 0 Å². The number of anilines is 1. The van der Waals surface area contributed by atoms with Crippen LogP contribution < -0.4 is 5.32 Å². The summed E-state index contributed by atoms with van der Waals surface area (Å²) >= 11 is 0. The number of benzene rings is 1. The normalized spacial score (nSPS) is 10.6. The minimum Gasteiger partial charge on any atom is -0.321 e. The third-order valence-electron chi connectivity index (χ3n) is 2.78. The number of amides is 1. The fourth-order valence-electron chi connectivity index (χ4n) is 1.82. The third kappa shape index (κ3) is 2.18. The van der Waals surface area contributed by atoms with Crippen molar-refractivity contribution in [2.24, 2.45) is 7.05 Å². The van der Waals surface area contributed by atoms with Crippen LogP contribution in [0.1, 0.15) is 10.4 Å². The summed E-state index contributed by atoms with van der Waals surface area (Å²) in [6, 6.07) is 10.8. The first kappa shape index (κ1) is 11.4. The van der Waals surface area contributed by atoms with Crippen molar-refractivity contribution in [3.05, 3.63) is 54.5 Å². The molecular formula is C14H11N4O. The number of aryl methyl sites for hydroxylation is 1. The molecule has 5 heteroatoms. The van der Waals surface area contributed by atoms with E-state index < -0.39 is 0 Å². The number of nitrogens with one attached hydrogen (secondary N) is 1. The second-order valence-corrected chi connectivity index (χ2v) is 4.16. The summed E-state index contributed by atoms with van der Waals surface area (Å²) in [5, 5.41) is 2.80. The van der Waals surface area contributed by atoms with Gasteiger partial charge < -0.3 is 9.88 Å². The largest absolute Gasteiger partial charge is 0.321 e. The Balaban J connectivity index is 1.87. The van der Waals surface area contributed by atoms with E-state index in [0.717, 1.165) is 5.65 Å². The molecule has 0 spiro atoms. The van der Waals surface area contributed by atoms with E-state index in [1.807, 2.05) is 25.2 Å². The van der Waals surface area contributed by atoms with Crippen molar-refractivity contribution in [1.82, 2.24) is 14.5 Å². The predicted octanol–water partition coefficient (Wildman–Crippen LogP) is 2.02. The molecule has 5 nitrogen and oxygen atoms in total. The summed E-state index contributed by atoms with van der Waals surface area (Å²) in [7, 11) is 1.82. The fraction of sp³-hybridized carbons (Fsp3) is 0.0714. The first-order valence-corrected chi connectivity index (χ1v) is 5.80. The molecule has 0 aliphatic heterocycles. The molecule has 3 rings (SSSR count). The number of fused-ring (bicyclic) bond motifs is 1. The van der Waals surface area contributed by atoms with Gasteiger partial charge in [-0.2, -0.15) is 0 Å². The monoisotopic (exact) mass is 251 g/mol. The Morgan fingerprint density at radius 1 is 1.32 bits per heavy atom. The molecule has 2 aromatic heterocycles. The molecule has 1 amide bonds. The average Bonchev–Trinajstić information content (AvgIpc) is 2.81. The van der Waals surface area contributed by atoms with E-state index in [1.165, 1.54) is 0 Å². The SMILES string of the molecule is Cn1[c]nc2cc(NC(=O)c3ccccc3)cnc21. The minimum absolute atomic E-state index is 0.165. The Hall–Kier alpha value is -2.69. The highest BCUT2D eigenvalue weighted by Crippen LogP contribution is 2.15. The summed E-state index contributed by atoms with van der Waals surface area (Å²) in [4.78, 5) is 20.3. The highest BCUT2D eigenvalue weighted by molar-refractivity contribution is 6.04. The van der Waals surface area contributed by atoms with E-state index in [4.69, 9.17) is 0 Å². The number of hydrogen-bond acceptors (Lipinski definition) is 3. The summed E-state index contributed by atoms with van der Waals surface area (Å²) in [6.45, 7) is 0. The number of carbonyl (C=O) groups excluding carboxylic acids is 1. The van der Waals surface area contributed by atoms with E-state index >= 15 is 0 Å². The van der Waals surface area contributed by atoms with Crippen LogP contribution >= 0.6 is 0 Å². The third-order valence-corrected chi connectivity index (χ3v) is 2.78. The molecule has 0 saturated carbocycles. The van der Waals surface area contributed by atoms with Gasteiger partial charge in [0.2, 0.25) is 0 Å². The molecule has 3 aromatic rings. The number of aromatic nitrogens is 3. The number of nitrogens with zero attached hydrogens (tertiary/aromatic N) is 3. The van der Waals surface area contributed by atoms with Crippen molar-refractivity contribution in [3.63, 3.8) is 0 Å². The lowest BCUT2D eigenvalue weighted by Gasteiger charge is -2.04. The zero-order chi connectivity index (χ0) is 13.2. The maximum absolute atomic E-state index is 12.0. The quantitative estimate of drug-likeness (QED) is 0.758. The zero-order valence-electron chi connectivity index (χ0n) is 10.3. The standard InChI is InChI=1S/C14H11N4O/c1-18-9-16-12-7-11(8-15-13(12)18)17-14(19)10-5-3-2-4-6-10/h2-8H,1H3,(H,17,19). The highest BCUT2D eigenvalue weighted by Gasteiger charge is 2.07. The molecule has 0 aliphatic carbocycles. The van der Waals surface area contributed by atoms with Gasteiger partial charge in [0.15, 0.2) is 12.0 Å². The smallest absolute Gasteiger partial charge is 0.255 e. The maximum atomic E-state index is 12.0. The van der Waals surface area contributed by atoms with E-state index in [-0.39, 0.29) is 5.91 Å². The Bertz CT molecular complexity index is 734. The number of carbonyl (C=O) groups is 1. The van der Waals surface area contributed by atoms with Crippen LogP contribution in [0.5, 0.6) is 0 Å². The van der Waals surface area contributed by atoms with E-state index in [9.17, 15) is 4.79 Å². The first-order chi connectivity index (χ1) is 9.24. The molecule has 0 bridgehead atoms. The van der Waals surface area contributed by atoms with Gasteiger partial charge in [0.25, 0.3) is 5.91 Å². The predicted molar refractivity (Wildman–Crippen MR) is 71.7 cm³/mol. The van der Waals surface area contributed by atoms with Gasteiger partial charge in [0.05, 0.1) is 11.9 Å². The summed E-state index contributed by atoms with van der Waals surface area (Å²) < 4.78 is 1.71. The van der Waals surface area contributed by atoms with Crippen LogP contribution in [0, 0.1) is 6.33 Å². The lowest BCUT2D eigenvalue weighted by Crippen LogP contribution is -2.11.